The van der Waals surface area contributed by atoms with Crippen molar-refractivity contribution in [3.63, 3.8) is 0 Å². The summed E-state index contributed by atoms with van der Waals surface area (Å²) in [6.45, 7) is 82.6. The van der Waals surface area contributed by atoms with E-state index in [-0.39, 0.29) is 0 Å². The Bertz CT molecular complexity index is 4360. The Kier molecular flexibility index (Phi) is 102. The van der Waals surface area contributed by atoms with Gasteiger partial charge in [-0.1, -0.05) is 442 Å². The molecule has 704 valence electrons. The fourth-order valence-corrected chi connectivity index (χ4v) is 9.81. The van der Waals surface area contributed by atoms with Gasteiger partial charge in [-0.25, -0.2) is 0 Å². The molecule has 128 heavy (non-hydrogen) atoms. The molecule has 8 aromatic carbocycles. The van der Waals surface area contributed by atoms with Gasteiger partial charge in [-0.2, -0.15) is 0 Å². The third kappa shape index (κ3) is 63.9. The predicted molar refractivity (Wildman–Crippen MR) is 590 cm³/mol. The monoisotopic (exact) mass is 1740 g/mol. The molecule has 0 unspecified atom stereocenters. The minimum absolute atomic E-state index is 1.07. The summed E-state index contributed by atoms with van der Waals surface area (Å²) < 4.78 is 0. The van der Waals surface area contributed by atoms with Crippen molar-refractivity contribution < 1.29 is 0 Å². The third-order valence-electron chi connectivity index (χ3n) is 14.6. The molecular weight excluding hydrogens is 1550 g/mol. The van der Waals surface area contributed by atoms with Gasteiger partial charge in [0.15, 0.2) is 0 Å². The highest BCUT2D eigenvalue weighted by Crippen LogP contribution is 2.20. The molecule has 0 saturated heterocycles. The summed E-state index contributed by atoms with van der Waals surface area (Å²) in [7, 11) is 0. The van der Waals surface area contributed by atoms with Gasteiger partial charge in [0, 0.05) is 116 Å². The lowest BCUT2D eigenvalue weighted by molar-refractivity contribution is 1.09. The average molecular weight is 1740 g/mol. The molecule has 0 spiro atoms. The van der Waals surface area contributed by atoms with Crippen LogP contribution in [0.4, 0.5) is 0 Å². The molecule has 0 aliphatic rings. The Morgan fingerprint density at radius 1 is 0.188 bits per heavy atom. The lowest BCUT2D eigenvalue weighted by atomic mass is 10.1. The lowest BCUT2D eigenvalue weighted by Gasteiger charge is -1.98. The van der Waals surface area contributed by atoms with Crippen molar-refractivity contribution in [3.05, 3.63) is 337 Å². The summed E-state index contributed by atoms with van der Waals surface area (Å²) in [6.07, 6.45) is 28.5. The summed E-state index contributed by atoms with van der Waals surface area (Å²) >= 11 is 0. The number of pyridine rings is 8. The van der Waals surface area contributed by atoms with Crippen LogP contribution in [-0.4, -0.2) is 39.9 Å². The van der Waals surface area contributed by atoms with Crippen molar-refractivity contribution >= 4 is 86.7 Å². The van der Waals surface area contributed by atoms with Gasteiger partial charge in [0.2, 0.25) is 0 Å². The number of aromatic nitrogens is 8. The zero-order chi connectivity index (χ0) is 99.1. The van der Waals surface area contributed by atoms with Crippen molar-refractivity contribution in [2.75, 3.05) is 0 Å². The molecule has 0 saturated carbocycles. The maximum atomic E-state index is 4.38. The van der Waals surface area contributed by atoms with E-state index in [0.717, 1.165) is 33.5 Å². The smallest absolute Gasteiger partial charge is 0.0731 e. The maximum Gasteiger partial charge on any atom is 0.0731 e. The molecule has 0 aliphatic heterocycles. The highest BCUT2D eigenvalue weighted by Gasteiger charge is 1.99. The van der Waals surface area contributed by atoms with Gasteiger partial charge in [0.05, 0.1) is 22.1 Å². The minimum Gasteiger partial charge on any atom is -0.264 e. The van der Waals surface area contributed by atoms with E-state index >= 15 is 0 Å². The van der Waals surface area contributed by atoms with E-state index in [0.29, 0.717) is 0 Å². The summed E-state index contributed by atoms with van der Waals surface area (Å²) in [5, 5.41) is 14.8. The summed E-state index contributed by atoms with van der Waals surface area (Å²) in [4.78, 5) is 33.5. The molecule has 0 aliphatic carbocycles. The maximum absolute atomic E-state index is 4.38. The molecule has 8 aromatic heterocycles. The first-order valence-electron chi connectivity index (χ1n) is 48.7. The van der Waals surface area contributed by atoms with Crippen LogP contribution in [-0.2, 0) is 0 Å². The van der Waals surface area contributed by atoms with Gasteiger partial charge in [-0.15, -0.1) is 0 Å². The number of rotatable bonds is 0. The Morgan fingerprint density at radius 2 is 0.523 bits per heavy atom. The Labute approximate surface area is 787 Å². The van der Waals surface area contributed by atoms with Crippen LogP contribution < -0.4 is 0 Å². The number of para-hydroxylation sites is 2. The summed E-state index contributed by atoms with van der Waals surface area (Å²) in [6, 6.07) is 78.4. The van der Waals surface area contributed by atoms with E-state index in [1.165, 1.54) is 149 Å². The molecule has 8 heterocycles. The molecule has 16 aromatic rings. The van der Waals surface area contributed by atoms with Crippen molar-refractivity contribution in [2.24, 2.45) is 0 Å². The second-order valence-corrected chi connectivity index (χ2v) is 27.0. The molecule has 0 N–H and O–H groups in total. The molecule has 0 bridgehead atoms. The fourth-order valence-electron chi connectivity index (χ4n) is 9.81. The van der Waals surface area contributed by atoms with E-state index < -0.39 is 0 Å². The normalized spacial score (nSPS) is 8.56. The van der Waals surface area contributed by atoms with Gasteiger partial charge < -0.3 is 0 Å². The Hall–Kier alpha value is -11.0. The topological polar surface area (TPSA) is 103 Å². The van der Waals surface area contributed by atoms with E-state index in [1.54, 1.807) is 0 Å². The van der Waals surface area contributed by atoms with E-state index in [2.05, 4.69) is 338 Å². The number of nitrogens with zero attached hydrogens (tertiary/aromatic N) is 8. The molecule has 0 radical (unpaired) electrons. The third-order valence-corrected chi connectivity index (χ3v) is 14.6. The van der Waals surface area contributed by atoms with Crippen molar-refractivity contribution in [3.8, 4) is 0 Å². The largest absolute Gasteiger partial charge is 0.264 e. The number of benzene rings is 8. The quantitative estimate of drug-likeness (QED) is 0.148. The Morgan fingerprint density at radius 3 is 1.03 bits per heavy atom. The molecule has 0 amide bonds. The van der Waals surface area contributed by atoms with Crippen LogP contribution in [0.15, 0.2) is 292 Å². The van der Waals surface area contributed by atoms with Crippen LogP contribution >= 0.6 is 0 Å². The van der Waals surface area contributed by atoms with Crippen LogP contribution in [0.1, 0.15) is 318 Å². The van der Waals surface area contributed by atoms with E-state index in [9.17, 15) is 0 Å². The zero-order valence-electron chi connectivity index (χ0n) is 88.9. The van der Waals surface area contributed by atoms with Crippen molar-refractivity contribution in [1.29, 1.82) is 0 Å². The van der Waals surface area contributed by atoms with Crippen LogP contribution in [0.2, 0.25) is 0 Å². The molecule has 0 fully saturated rings. The minimum atomic E-state index is 1.07. The lowest BCUT2D eigenvalue weighted by Crippen LogP contribution is -1.80. The van der Waals surface area contributed by atoms with Crippen LogP contribution in [0.25, 0.3) is 86.7 Å². The molecular formula is C120H184N8. The van der Waals surface area contributed by atoms with Crippen LogP contribution in [0, 0.1) is 55.4 Å². The van der Waals surface area contributed by atoms with Crippen LogP contribution in [0.3, 0.4) is 0 Å². The number of hydrogen-bond acceptors (Lipinski definition) is 8. The van der Waals surface area contributed by atoms with Gasteiger partial charge in [-0.05, 0) is 171 Å². The van der Waals surface area contributed by atoms with Gasteiger partial charge in [0.1, 0.15) is 0 Å². The first-order valence-corrected chi connectivity index (χ1v) is 48.7. The van der Waals surface area contributed by atoms with Crippen molar-refractivity contribution in [1.82, 2.24) is 39.9 Å². The SMILES string of the molecule is CC.CC.CC.CC.CC.CC.CC.CC.CCC.CCC.CCC.CCC.CCC.CCC.CCC.CCC.Cc1cc2ccccc2cn1.Cc1ccc2ccccc2n1.Cc1ccc2cccnc2c1.Cc1ccc2cnccc2c1.Cc1cccc2cccnc12.Cc1cccc2ccncc12.Cc1cccc2cnccc12.Cc1cccc2ncccc12. The van der Waals surface area contributed by atoms with Crippen LogP contribution in [0.5, 0.6) is 0 Å². The van der Waals surface area contributed by atoms with Gasteiger partial charge in [0.25, 0.3) is 0 Å². The zero-order valence-corrected chi connectivity index (χ0v) is 88.9. The number of fused-ring (bicyclic) bond motifs is 8. The molecule has 0 atom stereocenters. The standard InChI is InChI=1S/8C10H9N.8C3H8.8C2H6/c1-8-4-2-6-10-9(8)5-3-7-11-10;1-8-4-2-5-9-6-3-7-11-10(8)9;1-8-2-3-10-7-11-5-4-9(10)6-8;1-8-4-5-9-3-2-6-11-10(9)7-8;1-8-3-2-4-9-7-11-6-5-10(8)9;1-8-3-2-4-9-5-6-11-7-10(8)9;1-8-6-9-4-2-3-5-10(9)7-11-8;1-8-6-7-9-4-2-3-5-10(9)11-8;8*1-3-2;8*1-2/h8*2-7H,1H3;8*3H2,1-2H3;8*1-2H3. The van der Waals surface area contributed by atoms with E-state index in [4.69, 9.17) is 0 Å². The highest BCUT2D eigenvalue weighted by molar-refractivity contribution is 5.87. The highest BCUT2D eigenvalue weighted by atomic mass is 14.7. The molecule has 8 nitrogen and oxygen atoms in total. The average Bonchev–Trinajstić information content (AvgIpc) is 0.862. The molecule has 16 rings (SSSR count). The summed E-state index contributed by atoms with van der Waals surface area (Å²) in [5.74, 6) is 0. The number of aryl methyl sites for hydroxylation is 8. The summed E-state index contributed by atoms with van der Waals surface area (Å²) in [5.41, 5.74) is 14.2. The fraction of sp³-hybridized carbons (Fsp3) is 0.400. The van der Waals surface area contributed by atoms with Gasteiger partial charge >= 0.3 is 0 Å². The second kappa shape index (κ2) is 98.2. The van der Waals surface area contributed by atoms with Gasteiger partial charge in [-0.3, -0.25) is 39.9 Å². The van der Waals surface area contributed by atoms with E-state index in [1.807, 2.05) is 272 Å². The number of hydrogen-bond donors (Lipinski definition) is 0. The Balaban J connectivity index is -0.000000202. The first-order chi connectivity index (χ1) is 62.3. The second-order valence-electron chi connectivity index (χ2n) is 27.0. The first kappa shape index (κ1) is 133. The predicted octanol–water partition coefficient (Wildman–Crippen LogP) is 39.9. The molecule has 8 heteroatoms. The van der Waals surface area contributed by atoms with Crippen molar-refractivity contribution in [2.45, 2.75) is 328 Å².